The standard InChI is InChI=1S/C14H21NO2/c1-11(15)10-13-8-6-12(7-9-13)4-2-3-5-14(16)17/h6-9,11H,2-5,10,15H2,1H3,(H,16,17)/t11-/m1/s1. The fourth-order valence-electron chi connectivity index (χ4n) is 1.82. The summed E-state index contributed by atoms with van der Waals surface area (Å²) >= 11 is 0. The zero-order valence-electron chi connectivity index (χ0n) is 10.4. The number of carboxylic acid groups (broad SMARTS) is 1. The predicted molar refractivity (Wildman–Crippen MR) is 69.0 cm³/mol. The van der Waals surface area contributed by atoms with Crippen molar-refractivity contribution in [2.24, 2.45) is 5.73 Å². The quantitative estimate of drug-likeness (QED) is 0.713. The van der Waals surface area contributed by atoms with Crippen molar-refractivity contribution in [1.29, 1.82) is 0 Å². The number of hydrogen-bond acceptors (Lipinski definition) is 2. The third kappa shape index (κ3) is 6.07. The summed E-state index contributed by atoms with van der Waals surface area (Å²) in [4.78, 5) is 10.3. The highest BCUT2D eigenvalue weighted by atomic mass is 16.4. The molecule has 0 amide bonds. The topological polar surface area (TPSA) is 63.3 Å². The summed E-state index contributed by atoms with van der Waals surface area (Å²) in [6.07, 6.45) is 3.80. The first-order valence-corrected chi connectivity index (χ1v) is 6.13. The first kappa shape index (κ1) is 13.7. The molecule has 0 heterocycles. The Balaban J connectivity index is 2.32. The van der Waals surface area contributed by atoms with E-state index in [1.807, 2.05) is 6.92 Å². The van der Waals surface area contributed by atoms with Crippen LogP contribution >= 0.6 is 0 Å². The molecule has 0 unspecified atom stereocenters. The fraction of sp³-hybridized carbons (Fsp3) is 0.500. The number of hydrogen-bond donors (Lipinski definition) is 2. The van der Waals surface area contributed by atoms with Gasteiger partial charge in [0.15, 0.2) is 0 Å². The average molecular weight is 235 g/mol. The molecule has 3 N–H and O–H groups in total. The molecule has 0 fully saturated rings. The van der Waals surface area contributed by atoms with Crippen molar-refractivity contribution in [3.8, 4) is 0 Å². The molecule has 17 heavy (non-hydrogen) atoms. The van der Waals surface area contributed by atoms with E-state index in [2.05, 4.69) is 24.3 Å². The van der Waals surface area contributed by atoms with E-state index in [4.69, 9.17) is 10.8 Å². The second-order valence-corrected chi connectivity index (χ2v) is 4.60. The zero-order chi connectivity index (χ0) is 12.7. The Kier molecular flexibility index (Phi) is 5.70. The van der Waals surface area contributed by atoms with Crippen LogP contribution in [0.4, 0.5) is 0 Å². The average Bonchev–Trinajstić information content (AvgIpc) is 2.25. The van der Waals surface area contributed by atoms with Gasteiger partial charge in [-0.3, -0.25) is 4.79 Å². The van der Waals surface area contributed by atoms with Gasteiger partial charge in [0.05, 0.1) is 0 Å². The molecule has 1 atom stereocenters. The van der Waals surface area contributed by atoms with E-state index in [1.54, 1.807) is 0 Å². The number of unbranched alkanes of at least 4 members (excludes halogenated alkanes) is 1. The van der Waals surface area contributed by atoms with Gasteiger partial charge in [0.1, 0.15) is 0 Å². The molecule has 0 spiro atoms. The molecule has 0 aromatic heterocycles. The second-order valence-electron chi connectivity index (χ2n) is 4.60. The molecular weight excluding hydrogens is 214 g/mol. The molecular formula is C14H21NO2. The lowest BCUT2D eigenvalue weighted by Crippen LogP contribution is -2.17. The van der Waals surface area contributed by atoms with Gasteiger partial charge in [-0.2, -0.15) is 0 Å². The number of benzene rings is 1. The van der Waals surface area contributed by atoms with Crippen LogP contribution in [0.25, 0.3) is 0 Å². The molecule has 1 aromatic rings. The third-order valence-electron chi connectivity index (χ3n) is 2.69. The predicted octanol–water partition coefficient (Wildman–Crippen LogP) is 2.37. The van der Waals surface area contributed by atoms with Gasteiger partial charge in [-0.15, -0.1) is 0 Å². The molecule has 0 saturated heterocycles. The summed E-state index contributed by atoms with van der Waals surface area (Å²) in [7, 11) is 0. The lowest BCUT2D eigenvalue weighted by Gasteiger charge is -2.06. The van der Waals surface area contributed by atoms with Crippen LogP contribution in [0.15, 0.2) is 24.3 Å². The van der Waals surface area contributed by atoms with Crippen molar-refractivity contribution in [1.82, 2.24) is 0 Å². The van der Waals surface area contributed by atoms with Crippen LogP contribution in [-0.2, 0) is 17.6 Å². The number of nitrogens with two attached hydrogens (primary N) is 1. The van der Waals surface area contributed by atoms with Crippen LogP contribution in [0.5, 0.6) is 0 Å². The molecule has 0 bridgehead atoms. The van der Waals surface area contributed by atoms with Crippen LogP contribution in [0.3, 0.4) is 0 Å². The summed E-state index contributed by atoms with van der Waals surface area (Å²) < 4.78 is 0. The molecule has 0 aliphatic carbocycles. The van der Waals surface area contributed by atoms with E-state index in [1.165, 1.54) is 11.1 Å². The first-order chi connectivity index (χ1) is 8.08. The van der Waals surface area contributed by atoms with Gasteiger partial charge in [0.2, 0.25) is 0 Å². The highest BCUT2D eigenvalue weighted by Gasteiger charge is 2.00. The lowest BCUT2D eigenvalue weighted by molar-refractivity contribution is -0.137. The van der Waals surface area contributed by atoms with Gasteiger partial charge >= 0.3 is 5.97 Å². The maximum atomic E-state index is 10.3. The Morgan fingerprint density at radius 2 is 1.82 bits per heavy atom. The van der Waals surface area contributed by atoms with Crippen molar-refractivity contribution < 1.29 is 9.90 Å². The van der Waals surface area contributed by atoms with Crippen molar-refractivity contribution >= 4 is 5.97 Å². The largest absolute Gasteiger partial charge is 0.481 e. The summed E-state index contributed by atoms with van der Waals surface area (Å²) in [5.74, 6) is -0.711. The molecule has 0 radical (unpaired) electrons. The molecule has 0 aliphatic rings. The molecule has 1 aromatic carbocycles. The summed E-state index contributed by atoms with van der Waals surface area (Å²) in [6, 6.07) is 8.62. The van der Waals surface area contributed by atoms with Crippen molar-refractivity contribution in [3.05, 3.63) is 35.4 Å². The molecule has 3 nitrogen and oxygen atoms in total. The van der Waals surface area contributed by atoms with Crippen molar-refractivity contribution in [2.45, 2.75) is 45.1 Å². The van der Waals surface area contributed by atoms with Crippen molar-refractivity contribution in [3.63, 3.8) is 0 Å². The summed E-state index contributed by atoms with van der Waals surface area (Å²) in [5, 5.41) is 8.52. The molecule has 3 heteroatoms. The summed E-state index contributed by atoms with van der Waals surface area (Å²) in [5.41, 5.74) is 8.26. The minimum Gasteiger partial charge on any atom is -0.481 e. The Morgan fingerprint density at radius 3 is 2.35 bits per heavy atom. The molecule has 1 rings (SSSR count). The van der Waals surface area contributed by atoms with Gasteiger partial charge in [0, 0.05) is 12.5 Å². The second kappa shape index (κ2) is 7.07. The van der Waals surface area contributed by atoms with Gasteiger partial charge in [-0.05, 0) is 43.7 Å². The number of carboxylic acids is 1. The minimum absolute atomic E-state index is 0.191. The zero-order valence-corrected chi connectivity index (χ0v) is 10.4. The number of aryl methyl sites for hydroxylation is 1. The maximum Gasteiger partial charge on any atom is 0.303 e. The fourth-order valence-corrected chi connectivity index (χ4v) is 1.82. The highest BCUT2D eigenvalue weighted by Crippen LogP contribution is 2.10. The van der Waals surface area contributed by atoms with Gasteiger partial charge < -0.3 is 10.8 Å². The van der Waals surface area contributed by atoms with Crippen LogP contribution < -0.4 is 5.73 Å². The Hall–Kier alpha value is -1.35. The Morgan fingerprint density at radius 1 is 1.24 bits per heavy atom. The monoisotopic (exact) mass is 235 g/mol. The van der Waals surface area contributed by atoms with Gasteiger partial charge in [0.25, 0.3) is 0 Å². The molecule has 0 saturated carbocycles. The van der Waals surface area contributed by atoms with Gasteiger partial charge in [-0.25, -0.2) is 0 Å². The van der Waals surface area contributed by atoms with E-state index in [0.29, 0.717) is 0 Å². The van der Waals surface area contributed by atoms with Crippen LogP contribution in [-0.4, -0.2) is 17.1 Å². The van der Waals surface area contributed by atoms with Gasteiger partial charge in [-0.1, -0.05) is 24.3 Å². The normalized spacial score (nSPS) is 12.4. The van der Waals surface area contributed by atoms with Crippen LogP contribution in [0, 0.1) is 0 Å². The number of rotatable bonds is 7. The number of carbonyl (C=O) groups is 1. The smallest absolute Gasteiger partial charge is 0.303 e. The van der Waals surface area contributed by atoms with E-state index in [9.17, 15) is 4.79 Å². The van der Waals surface area contributed by atoms with Crippen LogP contribution in [0.1, 0.15) is 37.3 Å². The minimum atomic E-state index is -0.711. The SMILES string of the molecule is C[C@@H](N)Cc1ccc(CCCCC(=O)O)cc1. The summed E-state index contributed by atoms with van der Waals surface area (Å²) in [6.45, 7) is 2.00. The maximum absolute atomic E-state index is 10.3. The van der Waals surface area contributed by atoms with Crippen LogP contribution in [0.2, 0.25) is 0 Å². The first-order valence-electron chi connectivity index (χ1n) is 6.13. The van der Waals surface area contributed by atoms with Crippen molar-refractivity contribution in [2.75, 3.05) is 0 Å². The lowest BCUT2D eigenvalue weighted by atomic mass is 10.0. The molecule has 0 aliphatic heterocycles. The third-order valence-corrected chi connectivity index (χ3v) is 2.69. The van der Waals surface area contributed by atoms with E-state index >= 15 is 0 Å². The number of aliphatic carboxylic acids is 1. The van der Waals surface area contributed by atoms with E-state index in [-0.39, 0.29) is 12.5 Å². The highest BCUT2D eigenvalue weighted by molar-refractivity contribution is 5.66. The molecule has 94 valence electrons. The van der Waals surface area contributed by atoms with E-state index < -0.39 is 5.97 Å². The Bertz CT molecular complexity index is 344. The Labute approximate surface area is 103 Å². The van der Waals surface area contributed by atoms with E-state index in [0.717, 1.165) is 25.7 Å².